The van der Waals surface area contributed by atoms with Crippen LogP contribution >= 0.6 is 0 Å². The average Bonchev–Trinajstić information content (AvgIpc) is 2.51. The summed E-state index contributed by atoms with van der Waals surface area (Å²) in [6.07, 6.45) is 0.575. The van der Waals surface area contributed by atoms with E-state index in [4.69, 9.17) is 5.73 Å². The molecule has 0 amide bonds. The molecule has 2 nitrogen and oxygen atoms in total. The van der Waals surface area contributed by atoms with Crippen molar-refractivity contribution in [3.05, 3.63) is 35.3 Å². The number of hydrogen-bond acceptors (Lipinski definition) is 1. The number of aromatic nitrogens is 1. The van der Waals surface area contributed by atoms with Crippen LogP contribution in [0.2, 0.25) is 0 Å². The monoisotopic (exact) mass is 206 g/mol. The first-order valence-corrected chi connectivity index (χ1v) is 5.10. The highest BCUT2D eigenvalue weighted by Crippen LogP contribution is 2.22. The van der Waals surface area contributed by atoms with Gasteiger partial charge in [0.25, 0.3) is 0 Å². The van der Waals surface area contributed by atoms with Gasteiger partial charge in [-0.2, -0.15) is 0 Å². The summed E-state index contributed by atoms with van der Waals surface area (Å²) in [4.78, 5) is 3.11. The number of H-pyrrole nitrogens is 1. The third kappa shape index (κ3) is 1.88. The topological polar surface area (TPSA) is 41.8 Å². The van der Waals surface area contributed by atoms with Crippen LogP contribution in [0.5, 0.6) is 0 Å². The number of rotatable bonds is 2. The van der Waals surface area contributed by atoms with E-state index in [2.05, 4.69) is 4.98 Å². The van der Waals surface area contributed by atoms with E-state index in [1.807, 2.05) is 26.0 Å². The Kier molecular flexibility index (Phi) is 2.49. The molecular weight excluding hydrogens is 191 g/mol. The number of nitrogens with two attached hydrogens (primary N) is 1. The Balaban J connectivity index is 2.54. The van der Waals surface area contributed by atoms with Crippen LogP contribution in [-0.2, 0) is 6.42 Å². The summed E-state index contributed by atoms with van der Waals surface area (Å²) >= 11 is 0. The van der Waals surface area contributed by atoms with Crippen LogP contribution in [0.1, 0.15) is 18.2 Å². The fourth-order valence-electron chi connectivity index (χ4n) is 1.86. The zero-order chi connectivity index (χ0) is 11.0. The number of benzene rings is 1. The Morgan fingerprint density at radius 3 is 2.87 bits per heavy atom. The second-order valence-electron chi connectivity index (χ2n) is 4.13. The molecular formula is C12H15FN2. The maximum absolute atomic E-state index is 14.0. The first kappa shape index (κ1) is 10.2. The SMILES string of the molecule is Cc1cc2c(F)c(CC(C)N)ccc2[nH]1. The van der Waals surface area contributed by atoms with Gasteiger partial charge in [-0.05, 0) is 38.0 Å². The summed E-state index contributed by atoms with van der Waals surface area (Å²) in [6, 6.07) is 5.52. The van der Waals surface area contributed by atoms with Crippen molar-refractivity contribution >= 4 is 10.9 Å². The lowest BCUT2D eigenvalue weighted by Crippen LogP contribution is -2.18. The van der Waals surface area contributed by atoms with Gasteiger partial charge in [0.2, 0.25) is 0 Å². The fraction of sp³-hybridized carbons (Fsp3) is 0.333. The molecule has 1 aromatic heterocycles. The molecule has 3 heteroatoms. The lowest BCUT2D eigenvalue weighted by molar-refractivity contribution is 0.607. The molecule has 0 radical (unpaired) electrons. The van der Waals surface area contributed by atoms with Gasteiger partial charge in [0.1, 0.15) is 5.82 Å². The van der Waals surface area contributed by atoms with Gasteiger partial charge in [-0.1, -0.05) is 6.07 Å². The summed E-state index contributed by atoms with van der Waals surface area (Å²) in [5.74, 6) is -0.144. The van der Waals surface area contributed by atoms with Gasteiger partial charge in [0, 0.05) is 22.6 Å². The van der Waals surface area contributed by atoms with Crippen LogP contribution in [0.25, 0.3) is 10.9 Å². The molecule has 2 aromatic rings. The Morgan fingerprint density at radius 2 is 2.20 bits per heavy atom. The van der Waals surface area contributed by atoms with E-state index in [0.29, 0.717) is 17.4 Å². The number of halogens is 1. The average molecular weight is 206 g/mol. The molecule has 0 bridgehead atoms. The van der Waals surface area contributed by atoms with Crippen molar-refractivity contribution in [3.8, 4) is 0 Å². The zero-order valence-electron chi connectivity index (χ0n) is 8.97. The van der Waals surface area contributed by atoms with Crippen LogP contribution in [0.4, 0.5) is 4.39 Å². The smallest absolute Gasteiger partial charge is 0.135 e. The second-order valence-corrected chi connectivity index (χ2v) is 4.13. The molecule has 1 aromatic carbocycles. The molecule has 0 aliphatic heterocycles. The first-order chi connectivity index (χ1) is 7.08. The molecule has 0 saturated heterocycles. The molecule has 0 fully saturated rings. The van der Waals surface area contributed by atoms with Gasteiger partial charge in [-0.25, -0.2) is 4.39 Å². The van der Waals surface area contributed by atoms with Crippen LogP contribution in [0, 0.1) is 12.7 Å². The van der Waals surface area contributed by atoms with Gasteiger partial charge < -0.3 is 10.7 Å². The zero-order valence-corrected chi connectivity index (χ0v) is 8.97. The minimum atomic E-state index is -0.144. The minimum absolute atomic E-state index is 0.0167. The van der Waals surface area contributed by atoms with Crippen molar-refractivity contribution in [1.82, 2.24) is 4.98 Å². The normalized spacial score (nSPS) is 13.3. The predicted molar refractivity (Wildman–Crippen MR) is 60.3 cm³/mol. The summed E-state index contributed by atoms with van der Waals surface area (Å²) < 4.78 is 14.0. The Labute approximate surface area is 88.3 Å². The quantitative estimate of drug-likeness (QED) is 0.778. The standard InChI is InChI=1S/C12H15FN2/c1-7(14)5-9-3-4-11-10(12(9)13)6-8(2)15-11/h3-4,6-7,15H,5,14H2,1-2H3. The number of fused-ring (bicyclic) bond motifs is 1. The Hall–Kier alpha value is -1.35. The molecule has 1 heterocycles. The summed E-state index contributed by atoms with van der Waals surface area (Å²) in [7, 11) is 0. The maximum atomic E-state index is 14.0. The maximum Gasteiger partial charge on any atom is 0.135 e. The molecule has 0 aliphatic rings. The van der Waals surface area contributed by atoms with Crippen molar-refractivity contribution in [2.24, 2.45) is 5.73 Å². The number of aryl methyl sites for hydroxylation is 1. The molecule has 1 atom stereocenters. The third-order valence-electron chi connectivity index (χ3n) is 2.49. The van der Waals surface area contributed by atoms with Crippen LogP contribution in [0.3, 0.4) is 0 Å². The summed E-state index contributed by atoms with van der Waals surface area (Å²) in [6.45, 7) is 3.80. The van der Waals surface area contributed by atoms with E-state index in [1.165, 1.54) is 0 Å². The third-order valence-corrected chi connectivity index (χ3v) is 2.49. The van der Waals surface area contributed by atoms with Gasteiger partial charge in [0.15, 0.2) is 0 Å². The van der Waals surface area contributed by atoms with E-state index in [-0.39, 0.29) is 11.9 Å². The highest BCUT2D eigenvalue weighted by molar-refractivity contribution is 5.81. The van der Waals surface area contributed by atoms with E-state index >= 15 is 0 Å². The van der Waals surface area contributed by atoms with Crippen LogP contribution < -0.4 is 5.73 Å². The van der Waals surface area contributed by atoms with Gasteiger partial charge in [-0.15, -0.1) is 0 Å². The number of aromatic amines is 1. The van der Waals surface area contributed by atoms with Gasteiger partial charge in [-0.3, -0.25) is 0 Å². The predicted octanol–water partition coefficient (Wildman–Crippen LogP) is 2.51. The molecule has 15 heavy (non-hydrogen) atoms. The molecule has 0 aliphatic carbocycles. The highest BCUT2D eigenvalue weighted by Gasteiger charge is 2.10. The minimum Gasteiger partial charge on any atom is -0.359 e. The van der Waals surface area contributed by atoms with Crippen molar-refractivity contribution in [2.45, 2.75) is 26.3 Å². The van der Waals surface area contributed by atoms with Gasteiger partial charge >= 0.3 is 0 Å². The van der Waals surface area contributed by atoms with Crippen LogP contribution in [-0.4, -0.2) is 11.0 Å². The molecule has 1 unspecified atom stereocenters. The molecule has 0 spiro atoms. The molecule has 0 saturated carbocycles. The van der Waals surface area contributed by atoms with Crippen molar-refractivity contribution in [3.63, 3.8) is 0 Å². The van der Waals surface area contributed by atoms with Crippen LogP contribution in [0.15, 0.2) is 18.2 Å². The van der Waals surface area contributed by atoms with E-state index in [9.17, 15) is 4.39 Å². The molecule has 2 rings (SSSR count). The molecule has 3 N–H and O–H groups in total. The van der Waals surface area contributed by atoms with E-state index in [1.54, 1.807) is 6.07 Å². The lowest BCUT2D eigenvalue weighted by atomic mass is 10.0. The summed E-state index contributed by atoms with van der Waals surface area (Å²) in [5, 5.41) is 0.658. The van der Waals surface area contributed by atoms with Gasteiger partial charge in [0.05, 0.1) is 0 Å². The number of nitrogens with one attached hydrogen (secondary N) is 1. The van der Waals surface area contributed by atoms with Crippen molar-refractivity contribution < 1.29 is 4.39 Å². The summed E-state index contributed by atoms with van der Waals surface area (Å²) in [5.41, 5.74) is 8.18. The fourth-order valence-corrected chi connectivity index (χ4v) is 1.86. The van der Waals surface area contributed by atoms with Crippen molar-refractivity contribution in [2.75, 3.05) is 0 Å². The van der Waals surface area contributed by atoms with Crippen molar-refractivity contribution in [1.29, 1.82) is 0 Å². The first-order valence-electron chi connectivity index (χ1n) is 5.10. The van der Waals surface area contributed by atoms with E-state index in [0.717, 1.165) is 11.2 Å². The Bertz CT molecular complexity index is 486. The Morgan fingerprint density at radius 1 is 1.47 bits per heavy atom. The lowest BCUT2D eigenvalue weighted by Gasteiger charge is -2.06. The van der Waals surface area contributed by atoms with E-state index < -0.39 is 0 Å². The highest BCUT2D eigenvalue weighted by atomic mass is 19.1. The number of hydrogen-bond donors (Lipinski definition) is 2. The second kappa shape index (κ2) is 3.66. The molecule has 80 valence electrons. The largest absolute Gasteiger partial charge is 0.359 e.